The first-order chi connectivity index (χ1) is 5.18. The van der Waals surface area contributed by atoms with Crippen molar-refractivity contribution in [2.24, 2.45) is 0 Å². The predicted molar refractivity (Wildman–Crippen MR) is 45.5 cm³/mol. The number of hydrogen-bond donors (Lipinski definition) is 0. The highest BCUT2D eigenvalue weighted by Gasteiger charge is 2.15. The van der Waals surface area contributed by atoms with E-state index in [0.717, 1.165) is 12.7 Å². The molecule has 1 atom stereocenters. The highest BCUT2D eigenvalue weighted by Crippen LogP contribution is 2.15. The van der Waals surface area contributed by atoms with Crippen molar-refractivity contribution in [2.45, 2.75) is 32.3 Å². The minimum absolute atomic E-state index is 0.205. The molecule has 0 radical (unpaired) electrons. The lowest BCUT2D eigenvalue weighted by Crippen LogP contribution is -2.22. The van der Waals surface area contributed by atoms with Crippen molar-refractivity contribution in [2.75, 3.05) is 7.11 Å². The monoisotopic (exact) mass is 156 g/mol. The molecule has 0 heterocycles. The molecule has 2 nitrogen and oxygen atoms in total. The van der Waals surface area contributed by atoms with Crippen LogP contribution in [0.5, 0.6) is 0 Å². The van der Waals surface area contributed by atoms with E-state index in [2.05, 4.69) is 6.92 Å². The van der Waals surface area contributed by atoms with E-state index in [1.165, 1.54) is 0 Å². The Labute approximate surface area is 68.2 Å². The molecule has 0 saturated carbocycles. The number of carbonyl (C=O) groups is 1. The molecule has 0 N–H and O–H groups in total. The summed E-state index contributed by atoms with van der Waals surface area (Å²) in [6, 6.07) is 0. The molecule has 0 rings (SSSR count). The van der Waals surface area contributed by atoms with Gasteiger partial charge in [0.25, 0.3) is 0 Å². The molecule has 11 heavy (non-hydrogen) atoms. The molecule has 0 aromatic carbocycles. The molecular weight excluding hydrogens is 140 g/mol. The summed E-state index contributed by atoms with van der Waals surface area (Å²) in [5, 5.41) is 0. The molecule has 0 spiro atoms. The van der Waals surface area contributed by atoms with Gasteiger partial charge in [-0.3, -0.25) is 0 Å². The molecule has 0 aromatic heterocycles. The van der Waals surface area contributed by atoms with Gasteiger partial charge in [-0.05, 0) is 13.3 Å². The largest absolute Gasteiger partial charge is 0.374 e. The minimum atomic E-state index is -0.205. The third-order valence-corrected chi connectivity index (χ3v) is 1.87. The van der Waals surface area contributed by atoms with Gasteiger partial charge in [-0.1, -0.05) is 19.1 Å². The van der Waals surface area contributed by atoms with Crippen LogP contribution in [0, 0.1) is 0 Å². The summed E-state index contributed by atoms with van der Waals surface area (Å²) in [7, 11) is 1.68. The zero-order valence-electron chi connectivity index (χ0n) is 7.46. The van der Waals surface area contributed by atoms with Crippen molar-refractivity contribution in [3.8, 4) is 0 Å². The first kappa shape index (κ1) is 10.4. The van der Waals surface area contributed by atoms with Gasteiger partial charge in [-0.15, -0.1) is 0 Å². The smallest absolute Gasteiger partial charge is 0.123 e. The molecule has 64 valence electrons. The van der Waals surface area contributed by atoms with Crippen LogP contribution >= 0.6 is 0 Å². The van der Waals surface area contributed by atoms with E-state index in [1.54, 1.807) is 7.11 Å². The van der Waals surface area contributed by atoms with Gasteiger partial charge in [0.05, 0.1) is 5.60 Å². The summed E-state index contributed by atoms with van der Waals surface area (Å²) in [5.41, 5.74) is -0.205. The van der Waals surface area contributed by atoms with E-state index in [4.69, 9.17) is 4.74 Å². The van der Waals surface area contributed by atoms with Crippen molar-refractivity contribution >= 4 is 6.29 Å². The van der Waals surface area contributed by atoms with Crippen LogP contribution in [0.1, 0.15) is 26.7 Å². The summed E-state index contributed by atoms with van der Waals surface area (Å²) in [6.45, 7) is 4.04. The maximum absolute atomic E-state index is 9.98. The SMILES string of the molecule is CCC(C)(C=CCC=O)OC. The topological polar surface area (TPSA) is 26.3 Å². The van der Waals surface area contributed by atoms with Crippen molar-refractivity contribution in [3.05, 3.63) is 12.2 Å². The number of carbonyl (C=O) groups excluding carboxylic acids is 1. The van der Waals surface area contributed by atoms with Gasteiger partial charge in [-0.25, -0.2) is 0 Å². The summed E-state index contributed by atoms with van der Waals surface area (Å²) < 4.78 is 5.23. The third kappa shape index (κ3) is 3.94. The molecule has 0 aliphatic heterocycles. The second-order valence-electron chi connectivity index (χ2n) is 2.68. The van der Waals surface area contributed by atoms with E-state index in [0.29, 0.717) is 6.42 Å². The van der Waals surface area contributed by atoms with E-state index in [1.807, 2.05) is 19.1 Å². The Morgan fingerprint density at radius 1 is 1.55 bits per heavy atom. The minimum Gasteiger partial charge on any atom is -0.374 e. The van der Waals surface area contributed by atoms with Crippen molar-refractivity contribution < 1.29 is 9.53 Å². The quantitative estimate of drug-likeness (QED) is 0.449. The van der Waals surface area contributed by atoms with E-state index < -0.39 is 0 Å². The summed E-state index contributed by atoms with van der Waals surface area (Å²) in [5.74, 6) is 0. The molecule has 0 saturated heterocycles. The van der Waals surface area contributed by atoms with Gasteiger partial charge in [0.2, 0.25) is 0 Å². The lowest BCUT2D eigenvalue weighted by molar-refractivity contribution is -0.107. The number of rotatable bonds is 5. The van der Waals surface area contributed by atoms with Crippen LogP contribution < -0.4 is 0 Å². The van der Waals surface area contributed by atoms with Crippen molar-refractivity contribution in [1.29, 1.82) is 0 Å². The average Bonchev–Trinajstić information content (AvgIpc) is 2.05. The lowest BCUT2D eigenvalue weighted by atomic mass is 10.0. The fourth-order valence-electron chi connectivity index (χ4n) is 0.703. The predicted octanol–water partition coefficient (Wildman–Crippen LogP) is 1.95. The van der Waals surface area contributed by atoms with Gasteiger partial charge >= 0.3 is 0 Å². The second-order valence-corrected chi connectivity index (χ2v) is 2.68. The average molecular weight is 156 g/mol. The maximum Gasteiger partial charge on any atom is 0.123 e. The fourth-order valence-corrected chi connectivity index (χ4v) is 0.703. The Hall–Kier alpha value is -0.630. The molecule has 0 amide bonds. The fraction of sp³-hybridized carbons (Fsp3) is 0.667. The van der Waals surface area contributed by atoms with Gasteiger partial charge in [0.15, 0.2) is 0 Å². The number of ether oxygens (including phenoxy) is 1. The Kier molecular flexibility index (Phi) is 4.79. The standard InChI is InChI=1S/C9H16O2/c1-4-9(2,11-3)7-5-6-8-10/h5,7-8H,4,6H2,1-3H3. The molecule has 0 aliphatic carbocycles. The highest BCUT2D eigenvalue weighted by molar-refractivity contribution is 5.51. The highest BCUT2D eigenvalue weighted by atomic mass is 16.5. The van der Waals surface area contributed by atoms with Crippen molar-refractivity contribution in [1.82, 2.24) is 0 Å². The number of aldehydes is 1. The Morgan fingerprint density at radius 3 is 2.55 bits per heavy atom. The van der Waals surface area contributed by atoms with Gasteiger partial charge in [0, 0.05) is 13.5 Å². The zero-order chi connectivity index (χ0) is 8.74. The van der Waals surface area contributed by atoms with E-state index >= 15 is 0 Å². The third-order valence-electron chi connectivity index (χ3n) is 1.87. The molecule has 0 bridgehead atoms. The Bertz CT molecular complexity index is 134. The van der Waals surface area contributed by atoms with Crippen LogP contribution in [0.2, 0.25) is 0 Å². The van der Waals surface area contributed by atoms with E-state index in [9.17, 15) is 4.79 Å². The number of methoxy groups -OCH3 is 1. The first-order valence-corrected chi connectivity index (χ1v) is 3.85. The van der Waals surface area contributed by atoms with Gasteiger partial charge in [0.1, 0.15) is 6.29 Å². The summed E-state index contributed by atoms with van der Waals surface area (Å²) in [6.07, 6.45) is 6.03. The molecule has 0 aromatic rings. The molecule has 0 aliphatic rings. The normalized spacial score (nSPS) is 16.6. The summed E-state index contributed by atoms with van der Waals surface area (Å²) in [4.78, 5) is 9.98. The van der Waals surface area contributed by atoms with Crippen LogP contribution in [-0.4, -0.2) is 19.0 Å². The van der Waals surface area contributed by atoms with Gasteiger partial charge in [-0.2, -0.15) is 0 Å². The van der Waals surface area contributed by atoms with Crippen LogP contribution in [0.25, 0.3) is 0 Å². The molecule has 1 unspecified atom stereocenters. The number of hydrogen-bond acceptors (Lipinski definition) is 2. The zero-order valence-corrected chi connectivity index (χ0v) is 7.46. The molecule has 0 fully saturated rings. The second kappa shape index (κ2) is 5.08. The molecule has 2 heteroatoms. The van der Waals surface area contributed by atoms with Crippen LogP contribution in [0.15, 0.2) is 12.2 Å². The maximum atomic E-state index is 9.98. The van der Waals surface area contributed by atoms with E-state index in [-0.39, 0.29) is 5.60 Å². The number of allylic oxidation sites excluding steroid dienone is 1. The Balaban J connectivity index is 3.94. The van der Waals surface area contributed by atoms with Crippen LogP contribution in [0.3, 0.4) is 0 Å². The molecular formula is C9H16O2. The van der Waals surface area contributed by atoms with Gasteiger partial charge < -0.3 is 9.53 Å². The van der Waals surface area contributed by atoms with Crippen molar-refractivity contribution in [3.63, 3.8) is 0 Å². The Morgan fingerprint density at radius 2 is 2.18 bits per heavy atom. The van der Waals surface area contributed by atoms with Crippen LogP contribution in [-0.2, 0) is 9.53 Å². The lowest BCUT2D eigenvalue weighted by Gasteiger charge is -2.21. The first-order valence-electron chi connectivity index (χ1n) is 3.85. The van der Waals surface area contributed by atoms with Crippen LogP contribution in [0.4, 0.5) is 0 Å². The summed E-state index contributed by atoms with van der Waals surface area (Å²) >= 11 is 0.